The van der Waals surface area contributed by atoms with E-state index in [4.69, 9.17) is 21.1 Å². The van der Waals surface area contributed by atoms with E-state index in [1.54, 1.807) is 0 Å². The Morgan fingerprint density at radius 2 is 1.58 bits per heavy atom. The summed E-state index contributed by atoms with van der Waals surface area (Å²) >= 11 is 5.64. The van der Waals surface area contributed by atoms with Gasteiger partial charge in [0.25, 0.3) is 0 Å². The van der Waals surface area contributed by atoms with Crippen molar-refractivity contribution < 1.29 is 14.3 Å². The molecule has 174 valence electrons. The van der Waals surface area contributed by atoms with Gasteiger partial charge in [-0.2, -0.15) is 0 Å². The molecule has 0 unspecified atom stereocenters. The number of carbonyl (C=O) groups excluding carboxylic acids is 1. The SMILES string of the molecule is CC(C)(C)OC(=O)CNCc1ccc(-c2cnc(Cc3ccc(OCCCl)cc3)nc2)cc1. The maximum atomic E-state index is 11.8. The Labute approximate surface area is 200 Å². The summed E-state index contributed by atoms with van der Waals surface area (Å²) in [7, 11) is 0. The second-order valence-electron chi connectivity index (χ2n) is 8.63. The second kappa shape index (κ2) is 11.8. The molecule has 2 aromatic carbocycles. The first-order valence-corrected chi connectivity index (χ1v) is 11.5. The number of nitrogens with zero attached hydrogens (tertiary/aromatic N) is 2. The molecule has 0 amide bonds. The van der Waals surface area contributed by atoms with Crippen molar-refractivity contribution in [2.75, 3.05) is 19.0 Å². The highest BCUT2D eigenvalue weighted by atomic mass is 35.5. The van der Waals surface area contributed by atoms with Crippen molar-refractivity contribution >= 4 is 17.6 Å². The van der Waals surface area contributed by atoms with Crippen molar-refractivity contribution in [1.82, 2.24) is 15.3 Å². The van der Waals surface area contributed by atoms with Gasteiger partial charge in [-0.3, -0.25) is 4.79 Å². The normalized spacial score (nSPS) is 11.3. The van der Waals surface area contributed by atoms with Crippen molar-refractivity contribution in [3.8, 4) is 16.9 Å². The van der Waals surface area contributed by atoms with Gasteiger partial charge in [-0.15, -0.1) is 11.6 Å². The molecular weight excluding hydrogens is 438 g/mol. The summed E-state index contributed by atoms with van der Waals surface area (Å²) in [5.74, 6) is 1.78. The molecule has 1 aromatic heterocycles. The topological polar surface area (TPSA) is 73.3 Å². The first-order chi connectivity index (χ1) is 15.8. The van der Waals surface area contributed by atoms with Gasteiger partial charge in [-0.1, -0.05) is 36.4 Å². The second-order valence-corrected chi connectivity index (χ2v) is 9.01. The molecule has 6 nitrogen and oxygen atoms in total. The van der Waals surface area contributed by atoms with Crippen molar-refractivity contribution in [3.05, 3.63) is 77.9 Å². The van der Waals surface area contributed by atoms with E-state index < -0.39 is 5.60 Å². The fourth-order valence-electron chi connectivity index (χ4n) is 3.14. The molecule has 0 fully saturated rings. The summed E-state index contributed by atoms with van der Waals surface area (Å²) in [6.45, 7) is 6.84. The van der Waals surface area contributed by atoms with Crippen LogP contribution >= 0.6 is 11.6 Å². The highest BCUT2D eigenvalue weighted by Crippen LogP contribution is 2.19. The van der Waals surface area contributed by atoms with Crippen LogP contribution in [0.3, 0.4) is 0 Å². The molecule has 33 heavy (non-hydrogen) atoms. The van der Waals surface area contributed by atoms with Gasteiger partial charge >= 0.3 is 5.97 Å². The molecule has 0 radical (unpaired) electrons. The lowest BCUT2D eigenvalue weighted by Gasteiger charge is -2.19. The van der Waals surface area contributed by atoms with Crippen LogP contribution in [0.4, 0.5) is 0 Å². The van der Waals surface area contributed by atoms with E-state index in [1.807, 2.05) is 81.7 Å². The summed E-state index contributed by atoms with van der Waals surface area (Å²) in [5, 5.41) is 3.11. The van der Waals surface area contributed by atoms with E-state index in [-0.39, 0.29) is 12.5 Å². The number of hydrogen-bond donors (Lipinski definition) is 1. The number of carbonyl (C=O) groups is 1. The van der Waals surface area contributed by atoms with Crippen LogP contribution in [0, 0.1) is 0 Å². The van der Waals surface area contributed by atoms with Crippen LogP contribution in [0.2, 0.25) is 0 Å². The molecule has 0 saturated carbocycles. The largest absolute Gasteiger partial charge is 0.492 e. The molecule has 0 aliphatic carbocycles. The van der Waals surface area contributed by atoms with Crippen LogP contribution in [0.1, 0.15) is 37.7 Å². The van der Waals surface area contributed by atoms with Crippen LogP contribution in [0.5, 0.6) is 5.75 Å². The third kappa shape index (κ3) is 8.48. The minimum absolute atomic E-state index is 0.178. The number of benzene rings is 2. The van der Waals surface area contributed by atoms with E-state index in [9.17, 15) is 4.79 Å². The number of rotatable bonds is 10. The molecule has 0 saturated heterocycles. The van der Waals surface area contributed by atoms with Gasteiger partial charge in [0.1, 0.15) is 23.8 Å². The van der Waals surface area contributed by atoms with Crippen LogP contribution < -0.4 is 10.1 Å². The Bertz CT molecular complexity index is 1010. The first kappa shape index (κ1) is 24.7. The lowest BCUT2D eigenvalue weighted by Crippen LogP contribution is -2.31. The summed E-state index contributed by atoms with van der Waals surface area (Å²) in [4.78, 5) is 20.8. The zero-order valence-corrected chi connectivity index (χ0v) is 20.1. The van der Waals surface area contributed by atoms with Crippen LogP contribution in [-0.2, 0) is 22.5 Å². The average Bonchev–Trinajstić information content (AvgIpc) is 2.78. The Hall–Kier alpha value is -2.96. The molecule has 0 spiro atoms. The summed E-state index contributed by atoms with van der Waals surface area (Å²) < 4.78 is 10.8. The molecule has 0 aliphatic heterocycles. The van der Waals surface area contributed by atoms with Crippen LogP contribution in [0.25, 0.3) is 11.1 Å². The predicted molar refractivity (Wildman–Crippen MR) is 130 cm³/mol. The maximum absolute atomic E-state index is 11.8. The molecule has 3 aromatic rings. The molecule has 0 bridgehead atoms. The molecule has 7 heteroatoms. The van der Waals surface area contributed by atoms with Crippen molar-refractivity contribution in [1.29, 1.82) is 0 Å². The minimum atomic E-state index is -0.470. The maximum Gasteiger partial charge on any atom is 0.320 e. The Morgan fingerprint density at radius 3 is 2.18 bits per heavy atom. The summed E-state index contributed by atoms with van der Waals surface area (Å²) in [5.41, 5.74) is 3.72. The molecular formula is C26H30ClN3O3. The standard InChI is InChI=1S/C26H30ClN3O3/c1-26(2,3)33-25(31)18-28-15-20-4-8-21(9-5-20)22-16-29-24(30-17-22)14-19-6-10-23(11-7-19)32-13-12-27/h4-11,16-17,28H,12-15,18H2,1-3H3. The molecule has 0 atom stereocenters. The van der Waals surface area contributed by atoms with Gasteiger partial charge in [0.05, 0.1) is 12.4 Å². The number of ether oxygens (including phenoxy) is 2. The Balaban J connectivity index is 1.50. The number of alkyl halides is 1. The average molecular weight is 468 g/mol. The van der Waals surface area contributed by atoms with E-state index in [0.717, 1.165) is 33.8 Å². The van der Waals surface area contributed by atoms with Gasteiger partial charge < -0.3 is 14.8 Å². The fourth-order valence-corrected chi connectivity index (χ4v) is 3.22. The zero-order valence-electron chi connectivity index (χ0n) is 19.3. The number of aromatic nitrogens is 2. The molecule has 3 rings (SSSR count). The van der Waals surface area contributed by atoms with Gasteiger partial charge in [0.2, 0.25) is 0 Å². The third-order valence-corrected chi connectivity index (χ3v) is 4.80. The summed E-state index contributed by atoms with van der Waals surface area (Å²) in [6.07, 6.45) is 4.34. The number of hydrogen-bond acceptors (Lipinski definition) is 6. The molecule has 1 N–H and O–H groups in total. The van der Waals surface area contributed by atoms with Crippen LogP contribution in [0.15, 0.2) is 60.9 Å². The number of halogens is 1. The lowest BCUT2D eigenvalue weighted by atomic mass is 10.1. The van der Waals surface area contributed by atoms with Gasteiger partial charge in [-0.05, 0) is 49.6 Å². The molecule has 0 aliphatic rings. The lowest BCUT2D eigenvalue weighted by molar-refractivity contribution is -0.153. The van der Waals surface area contributed by atoms with Crippen molar-refractivity contribution in [3.63, 3.8) is 0 Å². The quantitative estimate of drug-likeness (QED) is 0.341. The fraction of sp³-hybridized carbons (Fsp3) is 0.346. The monoisotopic (exact) mass is 467 g/mol. The van der Waals surface area contributed by atoms with Gasteiger partial charge in [0, 0.05) is 30.9 Å². The molecule has 1 heterocycles. The van der Waals surface area contributed by atoms with E-state index >= 15 is 0 Å². The van der Waals surface area contributed by atoms with Crippen molar-refractivity contribution in [2.45, 2.75) is 39.3 Å². The highest BCUT2D eigenvalue weighted by molar-refractivity contribution is 6.18. The van der Waals surface area contributed by atoms with E-state index in [1.165, 1.54) is 0 Å². The zero-order chi connectivity index (χ0) is 23.7. The number of nitrogens with one attached hydrogen (secondary N) is 1. The first-order valence-electron chi connectivity index (χ1n) is 10.9. The van der Waals surface area contributed by atoms with E-state index in [0.29, 0.717) is 25.5 Å². The van der Waals surface area contributed by atoms with Crippen LogP contribution in [-0.4, -0.2) is 40.6 Å². The van der Waals surface area contributed by atoms with Crippen molar-refractivity contribution in [2.24, 2.45) is 0 Å². The Kier molecular flexibility index (Phi) is 8.80. The third-order valence-electron chi connectivity index (χ3n) is 4.64. The Morgan fingerprint density at radius 1 is 0.939 bits per heavy atom. The minimum Gasteiger partial charge on any atom is -0.492 e. The highest BCUT2D eigenvalue weighted by Gasteiger charge is 2.15. The predicted octanol–water partition coefficient (Wildman–Crippen LogP) is 4.78. The summed E-state index contributed by atoms with van der Waals surface area (Å²) in [6, 6.07) is 16.0. The smallest absolute Gasteiger partial charge is 0.320 e. The van der Waals surface area contributed by atoms with E-state index in [2.05, 4.69) is 15.3 Å². The van der Waals surface area contributed by atoms with Gasteiger partial charge in [-0.25, -0.2) is 9.97 Å². The number of esters is 1. The van der Waals surface area contributed by atoms with Gasteiger partial charge in [0.15, 0.2) is 0 Å².